The summed E-state index contributed by atoms with van der Waals surface area (Å²) in [7, 11) is 1.43. The Hall–Kier alpha value is -2.23. The Kier molecular flexibility index (Phi) is 3.28. The van der Waals surface area contributed by atoms with E-state index in [0.29, 0.717) is 11.5 Å². The van der Waals surface area contributed by atoms with Crippen molar-refractivity contribution < 1.29 is 19.7 Å². The average molecular weight is 300 g/mol. The van der Waals surface area contributed by atoms with Crippen LogP contribution in [0.2, 0.25) is 0 Å². The average Bonchev–Trinajstić information content (AvgIpc) is 2.47. The fourth-order valence-corrected chi connectivity index (χ4v) is 3.56. The summed E-state index contributed by atoms with van der Waals surface area (Å²) in [5, 5.41) is 19.3. The van der Waals surface area contributed by atoms with Gasteiger partial charge in [-0.05, 0) is 47.1 Å². The van der Waals surface area contributed by atoms with Crippen LogP contribution >= 0.6 is 0 Å². The van der Waals surface area contributed by atoms with Gasteiger partial charge in [-0.1, -0.05) is 26.0 Å². The highest BCUT2D eigenvalue weighted by atomic mass is 16.5. The maximum absolute atomic E-state index is 12.1. The van der Waals surface area contributed by atoms with Crippen LogP contribution in [0.15, 0.2) is 29.9 Å². The fraction of sp³-hybridized carbons (Fsp3) is 0.389. The number of rotatable bonds is 3. The number of ether oxygens (including phenoxy) is 1. The lowest BCUT2D eigenvalue weighted by atomic mass is 9.48. The Bertz CT molecular complexity index is 697. The number of methoxy groups -OCH3 is 1. The molecule has 2 bridgehead atoms. The summed E-state index contributed by atoms with van der Waals surface area (Å²) < 4.78 is 5.02. The highest BCUT2D eigenvalue weighted by Crippen LogP contribution is 2.58. The van der Waals surface area contributed by atoms with E-state index in [1.807, 2.05) is 12.2 Å². The number of carbonyl (C=O) groups excluding carboxylic acids is 1. The van der Waals surface area contributed by atoms with E-state index < -0.39 is 0 Å². The molecule has 0 aromatic heterocycles. The Morgan fingerprint density at radius 1 is 1.23 bits per heavy atom. The highest BCUT2D eigenvalue weighted by molar-refractivity contribution is 5.96. The minimum atomic E-state index is -0.269. The second-order valence-corrected chi connectivity index (χ2v) is 6.63. The van der Waals surface area contributed by atoms with Gasteiger partial charge < -0.3 is 14.9 Å². The van der Waals surface area contributed by atoms with Crippen LogP contribution in [0.25, 0.3) is 6.08 Å². The van der Waals surface area contributed by atoms with E-state index in [9.17, 15) is 15.0 Å². The lowest BCUT2D eigenvalue weighted by Gasteiger charge is -2.54. The van der Waals surface area contributed by atoms with Gasteiger partial charge in [0.25, 0.3) is 0 Å². The molecule has 2 atom stereocenters. The second kappa shape index (κ2) is 4.90. The van der Waals surface area contributed by atoms with Crippen molar-refractivity contribution >= 4 is 11.9 Å². The van der Waals surface area contributed by atoms with Gasteiger partial charge in [-0.25, -0.2) is 0 Å². The predicted molar refractivity (Wildman–Crippen MR) is 83.8 cm³/mol. The maximum atomic E-state index is 12.1. The van der Waals surface area contributed by atoms with Crippen molar-refractivity contribution in [2.45, 2.75) is 20.3 Å². The summed E-state index contributed by atoms with van der Waals surface area (Å²) >= 11 is 0. The molecule has 4 nitrogen and oxygen atoms in total. The monoisotopic (exact) mass is 300 g/mol. The minimum absolute atomic E-state index is 0.0281. The number of phenolic OH excluding ortho intramolecular Hbond substituents is 2. The Labute approximate surface area is 129 Å². The summed E-state index contributed by atoms with van der Waals surface area (Å²) in [5.74, 6) is 0.494. The molecule has 3 aliphatic rings. The lowest BCUT2D eigenvalue weighted by molar-refractivity contribution is -0.133. The highest BCUT2D eigenvalue weighted by Gasteiger charge is 2.54. The zero-order chi connectivity index (χ0) is 16.1. The first-order valence-electron chi connectivity index (χ1n) is 7.38. The van der Waals surface area contributed by atoms with Gasteiger partial charge in [-0.2, -0.15) is 0 Å². The van der Waals surface area contributed by atoms with Gasteiger partial charge in [-0.3, -0.25) is 4.79 Å². The molecule has 4 rings (SSSR count). The third kappa shape index (κ3) is 2.10. The molecule has 22 heavy (non-hydrogen) atoms. The van der Waals surface area contributed by atoms with Crippen molar-refractivity contribution in [3.8, 4) is 17.2 Å². The zero-order valence-electron chi connectivity index (χ0n) is 13.0. The SMILES string of the molecule is COc1cc(/C=C/C2=CC(=O)[C@H]3C[C@@H]2C3(C)C)cc(O)c1O. The largest absolute Gasteiger partial charge is 0.504 e. The summed E-state index contributed by atoms with van der Waals surface area (Å²) in [4.78, 5) is 12.1. The fourth-order valence-electron chi connectivity index (χ4n) is 3.56. The Morgan fingerprint density at radius 3 is 2.55 bits per heavy atom. The van der Waals surface area contributed by atoms with Crippen LogP contribution < -0.4 is 4.74 Å². The molecule has 0 aliphatic heterocycles. The van der Waals surface area contributed by atoms with Crippen LogP contribution in [-0.4, -0.2) is 23.1 Å². The molecule has 0 unspecified atom stereocenters. The van der Waals surface area contributed by atoms with Crippen LogP contribution in [0.4, 0.5) is 0 Å². The molecule has 1 aromatic carbocycles. The van der Waals surface area contributed by atoms with Crippen molar-refractivity contribution in [3.05, 3.63) is 35.4 Å². The van der Waals surface area contributed by atoms with E-state index in [0.717, 1.165) is 12.0 Å². The van der Waals surface area contributed by atoms with Gasteiger partial charge in [0.1, 0.15) is 0 Å². The molecule has 0 radical (unpaired) electrons. The Balaban J connectivity index is 1.89. The molecular weight excluding hydrogens is 280 g/mol. The first-order chi connectivity index (χ1) is 10.3. The van der Waals surface area contributed by atoms with Crippen molar-refractivity contribution in [3.63, 3.8) is 0 Å². The summed E-state index contributed by atoms with van der Waals surface area (Å²) in [6.07, 6.45) is 6.41. The molecule has 2 N–H and O–H groups in total. The van der Waals surface area contributed by atoms with Crippen molar-refractivity contribution in [1.82, 2.24) is 0 Å². The number of allylic oxidation sites excluding steroid dienone is 3. The Morgan fingerprint density at radius 2 is 1.95 bits per heavy atom. The van der Waals surface area contributed by atoms with Crippen LogP contribution in [-0.2, 0) is 4.79 Å². The molecule has 1 aromatic rings. The third-order valence-electron chi connectivity index (χ3n) is 5.09. The molecule has 0 spiro atoms. The molecule has 3 aliphatic carbocycles. The van der Waals surface area contributed by atoms with Crippen LogP contribution in [0, 0.1) is 17.3 Å². The van der Waals surface area contributed by atoms with E-state index in [2.05, 4.69) is 13.8 Å². The van der Waals surface area contributed by atoms with E-state index in [1.54, 1.807) is 12.1 Å². The second-order valence-electron chi connectivity index (χ2n) is 6.63. The van der Waals surface area contributed by atoms with Crippen molar-refractivity contribution in [2.75, 3.05) is 7.11 Å². The van der Waals surface area contributed by atoms with E-state index in [1.165, 1.54) is 13.2 Å². The number of carbonyl (C=O) groups is 1. The van der Waals surface area contributed by atoms with Crippen molar-refractivity contribution in [1.29, 1.82) is 0 Å². The van der Waals surface area contributed by atoms with E-state index in [4.69, 9.17) is 4.74 Å². The van der Waals surface area contributed by atoms with E-state index >= 15 is 0 Å². The topological polar surface area (TPSA) is 66.8 Å². The zero-order valence-corrected chi connectivity index (χ0v) is 13.0. The third-order valence-corrected chi connectivity index (χ3v) is 5.09. The number of phenols is 2. The molecule has 0 saturated heterocycles. The van der Waals surface area contributed by atoms with Crippen molar-refractivity contribution in [2.24, 2.45) is 17.3 Å². The van der Waals surface area contributed by atoms with E-state index in [-0.39, 0.29) is 34.4 Å². The molecule has 0 amide bonds. The first kappa shape index (κ1) is 14.7. The maximum Gasteiger partial charge on any atom is 0.200 e. The summed E-state index contributed by atoms with van der Waals surface area (Å²) in [5.41, 5.74) is 1.77. The molecule has 116 valence electrons. The van der Waals surface area contributed by atoms with Gasteiger partial charge in [0.2, 0.25) is 5.75 Å². The summed E-state index contributed by atoms with van der Waals surface area (Å²) in [6, 6.07) is 3.11. The van der Waals surface area contributed by atoms with Crippen LogP contribution in [0.1, 0.15) is 25.8 Å². The van der Waals surface area contributed by atoms with Gasteiger partial charge in [0.05, 0.1) is 7.11 Å². The van der Waals surface area contributed by atoms with Crippen LogP contribution in [0.3, 0.4) is 0 Å². The smallest absolute Gasteiger partial charge is 0.200 e. The standard InChI is InChI=1S/C18H20O4/c1-18(2)12-9-13(18)14(19)8-11(12)5-4-10-6-15(20)17(21)16(7-10)22-3/h4-8,12-13,20-21H,9H2,1-3H3/b5-4+/t12-,13+/m0/s1. The molecule has 0 heterocycles. The van der Waals surface area contributed by atoms with Crippen LogP contribution in [0.5, 0.6) is 17.2 Å². The van der Waals surface area contributed by atoms with Gasteiger partial charge >= 0.3 is 0 Å². The molecule has 4 heteroatoms. The minimum Gasteiger partial charge on any atom is -0.504 e. The van der Waals surface area contributed by atoms with Gasteiger partial charge in [0, 0.05) is 5.92 Å². The quantitative estimate of drug-likeness (QED) is 0.841. The summed E-state index contributed by atoms with van der Waals surface area (Å²) in [6.45, 7) is 4.28. The normalized spacial score (nSPS) is 25.8. The first-order valence-corrected chi connectivity index (χ1v) is 7.38. The molecular formula is C18H20O4. The molecule has 1 fully saturated rings. The van der Waals surface area contributed by atoms with Gasteiger partial charge in [-0.15, -0.1) is 0 Å². The molecule has 1 saturated carbocycles. The number of hydrogen-bond acceptors (Lipinski definition) is 4. The lowest BCUT2D eigenvalue weighted by Crippen LogP contribution is -2.52. The predicted octanol–water partition coefficient (Wildman–Crippen LogP) is 3.29. The number of aromatic hydroxyl groups is 2. The number of hydrogen-bond donors (Lipinski definition) is 2. The number of fused-ring (bicyclic) bond motifs is 1. The van der Waals surface area contributed by atoms with Gasteiger partial charge in [0.15, 0.2) is 17.3 Å². The number of ketones is 1. The number of benzene rings is 1.